The van der Waals surface area contributed by atoms with Crippen LogP contribution in [0.25, 0.3) is 0 Å². The van der Waals surface area contributed by atoms with E-state index in [1.165, 1.54) is 12.1 Å². The van der Waals surface area contributed by atoms with E-state index in [-0.39, 0.29) is 5.69 Å². The van der Waals surface area contributed by atoms with E-state index in [0.29, 0.717) is 10.8 Å². The molecule has 0 unspecified atom stereocenters. The van der Waals surface area contributed by atoms with Crippen LogP contribution in [-0.2, 0) is 6.54 Å². The quantitative estimate of drug-likeness (QED) is 0.368. The fraction of sp³-hybridized carbons (Fsp3) is 0.231. The molecular formula is C13H15N5O2S. The molecule has 2 N–H and O–H groups in total. The van der Waals surface area contributed by atoms with Crippen LogP contribution in [0, 0.1) is 10.1 Å². The maximum Gasteiger partial charge on any atom is 0.269 e. The van der Waals surface area contributed by atoms with Gasteiger partial charge in [0.05, 0.1) is 4.92 Å². The van der Waals surface area contributed by atoms with E-state index in [9.17, 15) is 10.1 Å². The van der Waals surface area contributed by atoms with Crippen molar-refractivity contribution in [2.45, 2.75) is 13.0 Å². The van der Waals surface area contributed by atoms with Crippen LogP contribution in [0.4, 0.5) is 11.4 Å². The summed E-state index contributed by atoms with van der Waals surface area (Å²) in [6.45, 7) is 1.54. The number of hydrogen-bond donors (Lipinski definition) is 2. The van der Waals surface area contributed by atoms with E-state index in [2.05, 4.69) is 15.7 Å². The van der Waals surface area contributed by atoms with Gasteiger partial charge >= 0.3 is 0 Å². The molecule has 0 spiro atoms. The van der Waals surface area contributed by atoms with E-state index >= 15 is 0 Å². The number of nitro groups is 1. The minimum absolute atomic E-state index is 0.0543. The predicted octanol–water partition coefficient (Wildman–Crippen LogP) is 2.17. The van der Waals surface area contributed by atoms with Crippen LogP contribution in [-0.4, -0.2) is 26.4 Å². The lowest BCUT2D eigenvalue weighted by Gasteiger charge is -2.10. The van der Waals surface area contributed by atoms with Crippen molar-refractivity contribution in [1.82, 2.24) is 15.1 Å². The van der Waals surface area contributed by atoms with Crippen molar-refractivity contribution in [3.05, 3.63) is 52.8 Å². The third-order valence-electron chi connectivity index (χ3n) is 2.74. The highest BCUT2D eigenvalue weighted by molar-refractivity contribution is 7.80. The van der Waals surface area contributed by atoms with E-state index in [1.54, 1.807) is 18.3 Å². The van der Waals surface area contributed by atoms with Gasteiger partial charge in [-0.05, 0) is 36.8 Å². The molecule has 8 heteroatoms. The number of nitrogens with zero attached hydrogens (tertiary/aromatic N) is 3. The molecule has 0 saturated carbocycles. The standard InChI is InChI=1S/C13H15N5O2S/c19-18(20)12-5-3-11(4-6-12)16-13(21)14-7-1-9-17-10-2-8-15-17/h2-6,8,10H,1,7,9H2,(H2,14,16,21). The lowest BCUT2D eigenvalue weighted by atomic mass is 10.3. The first-order chi connectivity index (χ1) is 10.1. The van der Waals surface area contributed by atoms with Gasteiger partial charge in [0, 0.05) is 43.3 Å². The number of non-ortho nitro benzene ring substituents is 1. The number of aryl methyl sites for hydroxylation is 1. The summed E-state index contributed by atoms with van der Waals surface area (Å²) in [5.74, 6) is 0. The Morgan fingerprint density at radius 1 is 1.38 bits per heavy atom. The average Bonchev–Trinajstić information content (AvgIpc) is 2.97. The molecule has 21 heavy (non-hydrogen) atoms. The van der Waals surface area contributed by atoms with Crippen molar-refractivity contribution < 1.29 is 4.92 Å². The predicted molar refractivity (Wildman–Crippen MR) is 84.2 cm³/mol. The number of nitrogens with one attached hydrogen (secondary N) is 2. The average molecular weight is 305 g/mol. The maximum absolute atomic E-state index is 10.5. The minimum Gasteiger partial charge on any atom is -0.362 e. The summed E-state index contributed by atoms with van der Waals surface area (Å²) in [5, 5.41) is 21.2. The third kappa shape index (κ3) is 4.84. The Morgan fingerprint density at radius 3 is 2.76 bits per heavy atom. The highest BCUT2D eigenvalue weighted by Gasteiger charge is 2.04. The lowest BCUT2D eigenvalue weighted by molar-refractivity contribution is -0.384. The molecule has 0 bridgehead atoms. The monoisotopic (exact) mass is 305 g/mol. The van der Waals surface area contributed by atoms with Crippen molar-refractivity contribution in [3.8, 4) is 0 Å². The van der Waals surface area contributed by atoms with Crippen LogP contribution >= 0.6 is 12.2 Å². The second-order valence-electron chi connectivity index (χ2n) is 4.31. The van der Waals surface area contributed by atoms with Gasteiger partial charge in [-0.1, -0.05) is 0 Å². The van der Waals surface area contributed by atoms with Crippen molar-refractivity contribution in [2.24, 2.45) is 0 Å². The SMILES string of the molecule is O=[N+]([O-])c1ccc(NC(=S)NCCCn2cccn2)cc1. The summed E-state index contributed by atoms with van der Waals surface area (Å²) in [4.78, 5) is 10.1. The molecule has 1 heterocycles. The van der Waals surface area contributed by atoms with E-state index in [1.807, 2.05) is 16.9 Å². The Balaban J connectivity index is 1.70. The number of rotatable bonds is 6. The van der Waals surface area contributed by atoms with Gasteiger partial charge in [0.15, 0.2) is 5.11 Å². The fourth-order valence-corrected chi connectivity index (χ4v) is 1.94. The zero-order valence-electron chi connectivity index (χ0n) is 11.2. The largest absolute Gasteiger partial charge is 0.362 e. The van der Waals surface area contributed by atoms with Crippen molar-refractivity contribution in [1.29, 1.82) is 0 Å². The molecular weight excluding hydrogens is 290 g/mol. The van der Waals surface area contributed by atoms with Gasteiger partial charge < -0.3 is 10.6 Å². The first kappa shape index (κ1) is 14.9. The summed E-state index contributed by atoms with van der Waals surface area (Å²) in [6.07, 6.45) is 4.55. The van der Waals surface area contributed by atoms with Crippen LogP contribution < -0.4 is 10.6 Å². The van der Waals surface area contributed by atoms with Crippen LogP contribution in [0.2, 0.25) is 0 Å². The first-order valence-electron chi connectivity index (χ1n) is 6.42. The zero-order valence-corrected chi connectivity index (χ0v) is 12.0. The minimum atomic E-state index is -0.435. The van der Waals surface area contributed by atoms with Gasteiger partial charge in [0.25, 0.3) is 5.69 Å². The van der Waals surface area contributed by atoms with Crippen molar-refractivity contribution in [2.75, 3.05) is 11.9 Å². The number of hydrogen-bond acceptors (Lipinski definition) is 4. The van der Waals surface area contributed by atoms with E-state index in [0.717, 1.165) is 19.5 Å². The van der Waals surface area contributed by atoms with Crippen molar-refractivity contribution in [3.63, 3.8) is 0 Å². The number of benzene rings is 1. The van der Waals surface area contributed by atoms with E-state index < -0.39 is 4.92 Å². The van der Waals surface area contributed by atoms with Gasteiger partial charge in [-0.3, -0.25) is 14.8 Å². The Morgan fingerprint density at radius 2 is 2.14 bits per heavy atom. The molecule has 0 saturated heterocycles. The molecule has 0 aliphatic carbocycles. The summed E-state index contributed by atoms with van der Waals surface area (Å²) in [5.41, 5.74) is 0.767. The van der Waals surface area contributed by atoms with Crippen LogP contribution in [0.1, 0.15) is 6.42 Å². The third-order valence-corrected chi connectivity index (χ3v) is 2.99. The number of anilines is 1. The smallest absolute Gasteiger partial charge is 0.269 e. The van der Waals surface area contributed by atoms with Crippen LogP contribution in [0.5, 0.6) is 0 Å². The number of thiocarbonyl (C=S) groups is 1. The normalized spacial score (nSPS) is 10.1. The van der Waals surface area contributed by atoms with Gasteiger partial charge in [0.2, 0.25) is 0 Å². The molecule has 0 radical (unpaired) electrons. The highest BCUT2D eigenvalue weighted by atomic mass is 32.1. The second-order valence-corrected chi connectivity index (χ2v) is 4.72. The van der Waals surface area contributed by atoms with Gasteiger partial charge in [-0.25, -0.2) is 0 Å². The topological polar surface area (TPSA) is 85.0 Å². The van der Waals surface area contributed by atoms with Gasteiger partial charge in [0.1, 0.15) is 0 Å². The Kier molecular flexibility index (Phi) is 5.22. The zero-order chi connectivity index (χ0) is 15.1. The lowest BCUT2D eigenvalue weighted by Crippen LogP contribution is -2.29. The van der Waals surface area contributed by atoms with Crippen molar-refractivity contribution >= 4 is 28.7 Å². The molecule has 0 amide bonds. The molecule has 0 aliphatic rings. The summed E-state index contributed by atoms with van der Waals surface area (Å²) in [7, 11) is 0. The highest BCUT2D eigenvalue weighted by Crippen LogP contribution is 2.15. The Labute approximate surface area is 127 Å². The summed E-state index contributed by atoms with van der Waals surface area (Å²) >= 11 is 5.16. The van der Waals surface area contributed by atoms with Crippen LogP contribution in [0.3, 0.4) is 0 Å². The molecule has 2 aromatic rings. The molecule has 7 nitrogen and oxygen atoms in total. The second kappa shape index (κ2) is 7.34. The molecule has 0 aliphatic heterocycles. The fourth-order valence-electron chi connectivity index (χ4n) is 1.72. The van der Waals surface area contributed by atoms with E-state index in [4.69, 9.17) is 12.2 Å². The number of nitro benzene ring substituents is 1. The Hall–Kier alpha value is -2.48. The van der Waals surface area contributed by atoms with Crippen LogP contribution in [0.15, 0.2) is 42.7 Å². The summed E-state index contributed by atoms with van der Waals surface area (Å²) in [6, 6.07) is 7.99. The maximum atomic E-state index is 10.5. The molecule has 1 aromatic heterocycles. The Bertz CT molecular complexity index is 598. The molecule has 110 valence electrons. The molecule has 0 fully saturated rings. The molecule has 2 rings (SSSR count). The summed E-state index contributed by atoms with van der Waals surface area (Å²) < 4.78 is 1.86. The first-order valence-corrected chi connectivity index (χ1v) is 6.83. The molecule has 1 aromatic carbocycles. The number of aromatic nitrogens is 2. The van der Waals surface area contributed by atoms with Gasteiger partial charge in [-0.2, -0.15) is 5.10 Å². The molecule has 0 atom stereocenters. The van der Waals surface area contributed by atoms with Gasteiger partial charge in [-0.15, -0.1) is 0 Å².